The molecule has 3 aromatic rings. The topological polar surface area (TPSA) is 98.9 Å². The molecule has 1 aromatic carbocycles. The number of nitrogens with zero attached hydrogens (tertiary/aromatic N) is 2. The van der Waals surface area contributed by atoms with Gasteiger partial charge in [0, 0.05) is 13.1 Å². The zero-order chi connectivity index (χ0) is 23.6. The van der Waals surface area contributed by atoms with Crippen molar-refractivity contribution in [2.45, 2.75) is 31.8 Å². The molecule has 1 aliphatic rings. The van der Waals surface area contributed by atoms with E-state index in [1.165, 1.54) is 47.2 Å². The number of carbonyl (C=O) groups is 1. The highest BCUT2D eigenvalue weighted by molar-refractivity contribution is 7.89. The summed E-state index contributed by atoms with van der Waals surface area (Å²) in [5.74, 6) is 0.497. The van der Waals surface area contributed by atoms with Gasteiger partial charge < -0.3 is 13.9 Å². The smallest absolute Gasteiger partial charge is 0.338 e. The number of thiophene rings is 1. The van der Waals surface area contributed by atoms with Crippen LogP contribution < -0.4 is 4.74 Å². The van der Waals surface area contributed by atoms with Crippen molar-refractivity contribution in [3.8, 4) is 16.5 Å². The lowest BCUT2D eigenvalue weighted by molar-refractivity contribution is 0.0467. The predicted octanol–water partition coefficient (Wildman–Crippen LogP) is 4.44. The Balaban J connectivity index is 1.52. The first-order valence-corrected chi connectivity index (χ1v) is 12.9. The maximum absolute atomic E-state index is 13.4. The van der Waals surface area contributed by atoms with Crippen molar-refractivity contribution in [2.75, 3.05) is 20.2 Å². The van der Waals surface area contributed by atoms with Gasteiger partial charge in [-0.3, -0.25) is 0 Å². The summed E-state index contributed by atoms with van der Waals surface area (Å²) < 4.78 is 44.4. The molecule has 33 heavy (non-hydrogen) atoms. The highest BCUT2D eigenvalue weighted by Crippen LogP contribution is 2.32. The summed E-state index contributed by atoms with van der Waals surface area (Å²) in [6.07, 6.45) is 2.41. The number of aromatic nitrogens is 1. The van der Waals surface area contributed by atoms with Crippen LogP contribution >= 0.6 is 11.3 Å². The van der Waals surface area contributed by atoms with Gasteiger partial charge in [-0.1, -0.05) is 19.9 Å². The van der Waals surface area contributed by atoms with Crippen molar-refractivity contribution < 1.29 is 27.1 Å². The predicted molar refractivity (Wildman–Crippen MR) is 124 cm³/mol. The largest absolute Gasteiger partial charge is 0.495 e. The lowest BCUT2D eigenvalue weighted by Gasteiger charge is -2.34. The van der Waals surface area contributed by atoms with Gasteiger partial charge in [0.2, 0.25) is 15.9 Å². The van der Waals surface area contributed by atoms with E-state index < -0.39 is 16.0 Å². The van der Waals surface area contributed by atoms with E-state index in [1.807, 2.05) is 31.4 Å². The number of esters is 1. The van der Waals surface area contributed by atoms with E-state index in [9.17, 15) is 13.2 Å². The molecule has 10 heteroatoms. The molecule has 0 bridgehead atoms. The first kappa shape index (κ1) is 23.5. The summed E-state index contributed by atoms with van der Waals surface area (Å²) in [4.78, 5) is 17.8. The van der Waals surface area contributed by atoms with E-state index in [0.717, 1.165) is 11.3 Å². The summed E-state index contributed by atoms with van der Waals surface area (Å²) in [7, 11) is -2.43. The molecule has 2 aromatic heterocycles. The van der Waals surface area contributed by atoms with E-state index in [4.69, 9.17) is 13.9 Å². The highest BCUT2D eigenvalue weighted by atomic mass is 32.2. The van der Waals surface area contributed by atoms with Gasteiger partial charge in [-0.15, -0.1) is 11.3 Å². The summed E-state index contributed by atoms with van der Waals surface area (Å²) in [6.45, 7) is 4.85. The number of hydrogen-bond acceptors (Lipinski definition) is 8. The van der Waals surface area contributed by atoms with Crippen LogP contribution in [0.15, 0.2) is 51.3 Å². The third-order valence-electron chi connectivity index (χ3n) is 5.49. The quantitative estimate of drug-likeness (QED) is 0.452. The molecule has 0 radical (unpaired) electrons. The summed E-state index contributed by atoms with van der Waals surface area (Å²) in [5, 5.41) is 1.92. The molecule has 1 fully saturated rings. The van der Waals surface area contributed by atoms with Crippen LogP contribution in [0.5, 0.6) is 5.75 Å². The van der Waals surface area contributed by atoms with Crippen LogP contribution in [0.4, 0.5) is 0 Å². The minimum Gasteiger partial charge on any atom is -0.495 e. The van der Waals surface area contributed by atoms with Gasteiger partial charge in [-0.25, -0.2) is 18.2 Å². The molecule has 0 N–H and O–H groups in total. The van der Waals surface area contributed by atoms with Gasteiger partial charge in [0.15, 0.2) is 0 Å². The van der Waals surface area contributed by atoms with Gasteiger partial charge in [-0.2, -0.15) is 4.31 Å². The third-order valence-corrected chi connectivity index (χ3v) is 8.20. The Labute approximate surface area is 197 Å². The summed E-state index contributed by atoms with van der Waals surface area (Å²) in [5.41, 5.74) is 0.582. The monoisotopic (exact) mass is 490 g/mol. The fourth-order valence-electron chi connectivity index (χ4n) is 4.06. The number of rotatable bonds is 7. The van der Waals surface area contributed by atoms with Crippen LogP contribution in [-0.2, 0) is 21.4 Å². The van der Waals surface area contributed by atoms with Crippen LogP contribution in [0.1, 0.15) is 36.3 Å². The van der Waals surface area contributed by atoms with Gasteiger partial charge in [0.1, 0.15) is 29.2 Å². The van der Waals surface area contributed by atoms with E-state index in [2.05, 4.69) is 4.98 Å². The Hall–Kier alpha value is -2.69. The molecule has 3 heterocycles. The van der Waals surface area contributed by atoms with E-state index >= 15 is 0 Å². The Morgan fingerprint density at radius 3 is 2.67 bits per heavy atom. The van der Waals surface area contributed by atoms with Crippen LogP contribution in [0.3, 0.4) is 0 Å². The number of oxazole rings is 1. The Morgan fingerprint density at radius 2 is 2.00 bits per heavy atom. The van der Waals surface area contributed by atoms with Gasteiger partial charge in [0.25, 0.3) is 0 Å². The minimum absolute atomic E-state index is 0.0397. The number of carbonyl (C=O) groups excluding carboxylic acids is 1. The Morgan fingerprint density at radius 1 is 1.24 bits per heavy atom. The van der Waals surface area contributed by atoms with Crippen molar-refractivity contribution in [3.05, 3.63) is 53.2 Å². The van der Waals surface area contributed by atoms with Crippen LogP contribution in [0, 0.1) is 11.8 Å². The van der Waals surface area contributed by atoms with E-state index in [1.54, 1.807) is 0 Å². The molecule has 2 atom stereocenters. The Bertz CT molecular complexity index is 1210. The number of ether oxygens (including phenoxy) is 2. The lowest BCUT2D eigenvalue weighted by atomic mass is 9.94. The number of benzene rings is 1. The molecular formula is C23H26N2O6S2. The second kappa shape index (κ2) is 9.66. The van der Waals surface area contributed by atoms with E-state index in [0.29, 0.717) is 24.7 Å². The average Bonchev–Trinajstić information content (AvgIpc) is 3.48. The zero-order valence-electron chi connectivity index (χ0n) is 18.7. The van der Waals surface area contributed by atoms with Gasteiger partial charge in [0.05, 0.1) is 17.6 Å². The second-order valence-electron chi connectivity index (χ2n) is 8.33. The number of methoxy groups -OCH3 is 1. The highest BCUT2D eigenvalue weighted by Gasteiger charge is 2.34. The fraction of sp³-hybridized carbons (Fsp3) is 0.391. The Kier molecular flexibility index (Phi) is 6.87. The van der Waals surface area contributed by atoms with Crippen molar-refractivity contribution in [1.82, 2.24) is 9.29 Å². The molecule has 1 aliphatic heterocycles. The molecule has 176 valence electrons. The molecule has 4 rings (SSSR count). The van der Waals surface area contributed by atoms with E-state index in [-0.39, 0.29) is 34.7 Å². The number of piperidine rings is 1. The van der Waals surface area contributed by atoms with Crippen molar-refractivity contribution in [2.24, 2.45) is 11.8 Å². The first-order valence-electron chi connectivity index (χ1n) is 10.6. The average molecular weight is 491 g/mol. The molecule has 0 aliphatic carbocycles. The first-order chi connectivity index (χ1) is 15.8. The maximum Gasteiger partial charge on any atom is 0.338 e. The molecule has 0 saturated carbocycles. The van der Waals surface area contributed by atoms with Crippen molar-refractivity contribution >= 4 is 27.3 Å². The lowest BCUT2D eigenvalue weighted by Crippen LogP contribution is -2.42. The molecule has 1 saturated heterocycles. The zero-order valence-corrected chi connectivity index (χ0v) is 20.3. The van der Waals surface area contributed by atoms with Crippen LogP contribution in [0.25, 0.3) is 10.8 Å². The van der Waals surface area contributed by atoms with Gasteiger partial charge in [-0.05, 0) is 47.9 Å². The molecule has 0 amide bonds. The van der Waals surface area contributed by atoms with Crippen molar-refractivity contribution in [1.29, 1.82) is 0 Å². The summed E-state index contributed by atoms with van der Waals surface area (Å²) in [6, 6.07) is 8.06. The molecule has 2 unspecified atom stereocenters. The minimum atomic E-state index is -3.84. The maximum atomic E-state index is 13.4. The molecule has 8 nitrogen and oxygen atoms in total. The molecule has 0 spiro atoms. The van der Waals surface area contributed by atoms with Gasteiger partial charge >= 0.3 is 5.97 Å². The normalized spacial score (nSPS) is 19.4. The fourth-order valence-corrected chi connectivity index (χ4v) is 6.57. The standard InChI is InChI=1S/C23H26N2O6S2/c1-15-9-16(2)12-25(11-15)33(27,28)21-10-17(6-7-19(21)29-3)23(26)31-14-18-13-30-22(24-18)20-5-4-8-32-20/h4-8,10,13,15-16H,9,11-12,14H2,1-3H3. The third kappa shape index (κ3) is 5.13. The van der Waals surface area contributed by atoms with Crippen molar-refractivity contribution in [3.63, 3.8) is 0 Å². The second-order valence-corrected chi connectivity index (χ2v) is 11.2. The van der Waals surface area contributed by atoms with Crippen LogP contribution in [0.2, 0.25) is 0 Å². The SMILES string of the molecule is COc1ccc(C(=O)OCc2coc(-c3cccs3)n2)cc1S(=O)(=O)N1CC(C)CC(C)C1. The summed E-state index contributed by atoms with van der Waals surface area (Å²) >= 11 is 1.49. The number of sulfonamides is 1. The molecular weight excluding hydrogens is 464 g/mol. The number of hydrogen-bond donors (Lipinski definition) is 0. The van der Waals surface area contributed by atoms with Crippen LogP contribution in [-0.4, -0.2) is 43.9 Å².